The number of sulfonamides is 1. The van der Waals surface area contributed by atoms with Gasteiger partial charge in [0.05, 0.1) is 26.8 Å². The van der Waals surface area contributed by atoms with Crippen LogP contribution >= 0.6 is 11.6 Å². The van der Waals surface area contributed by atoms with Crippen LogP contribution in [-0.2, 0) is 24.1 Å². The van der Waals surface area contributed by atoms with Gasteiger partial charge in [-0.15, -0.1) is 0 Å². The van der Waals surface area contributed by atoms with E-state index in [9.17, 15) is 17.6 Å². The lowest BCUT2D eigenvalue weighted by Gasteiger charge is -2.08. The first-order valence-electron chi connectivity index (χ1n) is 9.31. The van der Waals surface area contributed by atoms with Crippen molar-refractivity contribution in [1.82, 2.24) is 19.6 Å². The summed E-state index contributed by atoms with van der Waals surface area (Å²) in [6.07, 6.45) is 1.57. The zero-order chi connectivity index (χ0) is 23.2. The molecule has 0 saturated heterocycles. The molecule has 0 aliphatic heterocycles. The fraction of sp³-hybridized carbons (Fsp3) is 0.150. The van der Waals surface area contributed by atoms with Crippen LogP contribution in [0.5, 0.6) is 0 Å². The fourth-order valence-corrected chi connectivity index (χ4v) is 4.59. The van der Waals surface area contributed by atoms with Crippen molar-refractivity contribution in [2.75, 3.05) is 10.0 Å². The summed E-state index contributed by atoms with van der Waals surface area (Å²) in [5.41, 5.74) is 1.74. The van der Waals surface area contributed by atoms with E-state index >= 15 is 0 Å². The molecule has 0 saturated carbocycles. The first-order chi connectivity index (χ1) is 15.0. The van der Waals surface area contributed by atoms with Crippen LogP contribution in [0.15, 0.2) is 47.5 Å². The number of carbonyl (C=O) groups excluding carboxylic acids is 1. The number of benzene rings is 2. The summed E-state index contributed by atoms with van der Waals surface area (Å²) in [4.78, 5) is 12.8. The quantitative estimate of drug-likeness (QED) is 0.458. The second-order valence-electron chi connectivity index (χ2n) is 7.14. The molecule has 2 aromatic carbocycles. The van der Waals surface area contributed by atoms with Gasteiger partial charge in [0, 0.05) is 31.4 Å². The lowest BCUT2D eigenvalue weighted by atomic mass is 10.2. The van der Waals surface area contributed by atoms with E-state index in [0.29, 0.717) is 28.0 Å². The van der Waals surface area contributed by atoms with Gasteiger partial charge in [-0.05, 0) is 43.3 Å². The highest BCUT2D eigenvalue weighted by molar-refractivity contribution is 7.92. The van der Waals surface area contributed by atoms with Crippen molar-refractivity contribution in [3.63, 3.8) is 0 Å². The predicted molar refractivity (Wildman–Crippen MR) is 119 cm³/mol. The summed E-state index contributed by atoms with van der Waals surface area (Å²) >= 11 is 5.77. The van der Waals surface area contributed by atoms with Gasteiger partial charge in [-0.25, -0.2) is 12.8 Å². The van der Waals surface area contributed by atoms with Crippen LogP contribution < -0.4 is 10.0 Å². The molecule has 1 amide bonds. The summed E-state index contributed by atoms with van der Waals surface area (Å²) in [6, 6.07) is 8.12. The van der Waals surface area contributed by atoms with Gasteiger partial charge in [-0.1, -0.05) is 11.6 Å². The summed E-state index contributed by atoms with van der Waals surface area (Å²) in [5.74, 6) is -1.10. The van der Waals surface area contributed by atoms with E-state index in [1.807, 2.05) is 0 Å². The molecule has 12 heteroatoms. The minimum absolute atomic E-state index is 0.0105. The Morgan fingerprint density at radius 1 is 1.12 bits per heavy atom. The highest BCUT2D eigenvalue weighted by Crippen LogP contribution is 2.26. The number of amides is 1. The lowest BCUT2D eigenvalue weighted by molar-refractivity contribution is 0.101. The van der Waals surface area contributed by atoms with Crippen molar-refractivity contribution >= 4 is 49.8 Å². The van der Waals surface area contributed by atoms with Crippen LogP contribution in [0.25, 0.3) is 10.9 Å². The van der Waals surface area contributed by atoms with Crippen LogP contribution in [-0.4, -0.2) is 33.9 Å². The van der Waals surface area contributed by atoms with Crippen LogP contribution in [0.3, 0.4) is 0 Å². The number of nitrogens with zero attached hydrogens (tertiary/aromatic N) is 4. The zero-order valence-corrected chi connectivity index (χ0v) is 18.8. The van der Waals surface area contributed by atoms with Crippen LogP contribution in [0.1, 0.15) is 16.2 Å². The van der Waals surface area contributed by atoms with Crippen molar-refractivity contribution in [1.29, 1.82) is 0 Å². The second kappa shape index (κ2) is 7.92. The Morgan fingerprint density at radius 2 is 1.88 bits per heavy atom. The maximum absolute atomic E-state index is 13.4. The van der Waals surface area contributed by atoms with Crippen LogP contribution in [0, 0.1) is 12.7 Å². The van der Waals surface area contributed by atoms with Gasteiger partial charge >= 0.3 is 0 Å². The van der Waals surface area contributed by atoms with Crippen molar-refractivity contribution in [2.24, 2.45) is 14.1 Å². The third kappa shape index (κ3) is 4.04. The Kier molecular flexibility index (Phi) is 5.39. The van der Waals surface area contributed by atoms with Crippen molar-refractivity contribution in [2.45, 2.75) is 11.8 Å². The molecule has 0 radical (unpaired) electrons. The molecule has 0 spiro atoms. The van der Waals surface area contributed by atoms with E-state index in [1.54, 1.807) is 27.2 Å². The Bertz CT molecular complexity index is 1480. The Hall–Kier alpha value is -3.44. The first kappa shape index (κ1) is 21.8. The molecule has 0 aliphatic rings. The third-order valence-electron chi connectivity index (χ3n) is 4.77. The topological polar surface area (TPSA) is 111 Å². The molecule has 32 heavy (non-hydrogen) atoms. The Balaban J connectivity index is 1.66. The number of nitrogens with one attached hydrogen (secondary N) is 2. The van der Waals surface area contributed by atoms with E-state index in [1.165, 1.54) is 39.7 Å². The highest BCUT2D eigenvalue weighted by atomic mass is 35.5. The minimum atomic E-state index is -3.90. The monoisotopic (exact) mass is 476 g/mol. The SMILES string of the molecule is Cc1nn(C)cc1NS(=O)(=O)c1ccc2c(C(=O)Nc3ccc(F)c(Cl)c3)n(C)nc2c1. The van der Waals surface area contributed by atoms with Gasteiger partial charge in [0.25, 0.3) is 15.9 Å². The minimum Gasteiger partial charge on any atom is -0.321 e. The van der Waals surface area contributed by atoms with Crippen molar-refractivity contribution in [3.05, 3.63) is 64.8 Å². The zero-order valence-electron chi connectivity index (χ0n) is 17.2. The van der Waals surface area contributed by atoms with Crippen LogP contribution in [0.4, 0.5) is 15.8 Å². The van der Waals surface area contributed by atoms with Gasteiger partial charge in [-0.2, -0.15) is 10.2 Å². The van der Waals surface area contributed by atoms with E-state index in [2.05, 4.69) is 20.2 Å². The van der Waals surface area contributed by atoms with Gasteiger partial charge in [0.15, 0.2) is 0 Å². The molecule has 0 atom stereocenters. The number of aromatic nitrogens is 4. The molecular weight excluding hydrogens is 459 g/mol. The predicted octanol–water partition coefficient (Wildman–Crippen LogP) is 3.46. The molecule has 2 aromatic heterocycles. The standard InChI is InChI=1S/C20H18ClFN6O3S/c1-11-18(10-27(2)24-11)26-32(30,31)13-5-6-14-17(9-13)25-28(3)19(14)20(29)23-12-4-7-16(22)15(21)8-12/h4-10,26H,1-3H3,(H,23,29). The highest BCUT2D eigenvalue weighted by Gasteiger charge is 2.22. The van der Waals surface area contributed by atoms with Gasteiger partial charge < -0.3 is 5.32 Å². The molecule has 0 unspecified atom stereocenters. The second-order valence-corrected chi connectivity index (χ2v) is 9.23. The summed E-state index contributed by atoms with van der Waals surface area (Å²) < 4.78 is 44.4. The molecule has 166 valence electrons. The molecular formula is C20H18ClFN6O3S. The van der Waals surface area contributed by atoms with Gasteiger partial charge in [0.2, 0.25) is 0 Å². The normalized spacial score (nSPS) is 11.7. The Morgan fingerprint density at radius 3 is 2.53 bits per heavy atom. The molecule has 0 fully saturated rings. The average molecular weight is 477 g/mol. The molecule has 9 nitrogen and oxygen atoms in total. The number of fused-ring (bicyclic) bond motifs is 1. The number of rotatable bonds is 5. The van der Waals surface area contributed by atoms with Gasteiger partial charge in [0.1, 0.15) is 11.5 Å². The van der Waals surface area contributed by atoms with E-state index in [0.717, 1.165) is 6.07 Å². The van der Waals surface area contributed by atoms with E-state index in [-0.39, 0.29) is 15.6 Å². The molecule has 4 aromatic rings. The van der Waals surface area contributed by atoms with E-state index < -0.39 is 21.7 Å². The molecule has 2 heterocycles. The lowest BCUT2D eigenvalue weighted by Crippen LogP contribution is -2.16. The summed E-state index contributed by atoms with van der Waals surface area (Å²) in [7, 11) is -0.639. The number of halogens is 2. The molecule has 4 rings (SSSR count). The number of hydrogen-bond donors (Lipinski definition) is 2. The maximum Gasteiger partial charge on any atom is 0.274 e. The first-order valence-corrected chi connectivity index (χ1v) is 11.2. The number of carbonyl (C=O) groups is 1. The number of aryl methyl sites for hydroxylation is 3. The van der Waals surface area contributed by atoms with Gasteiger partial charge in [-0.3, -0.25) is 18.9 Å². The third-order valence-corrected chi connectivity index (χ3v) is 6.42. The summed E-state index contributed by atoms with van der Waals surface area (Å²) in [5, 5.41) is 11.4. The average Bonchev–Trinajstić information content (AvgIpc) is 3.20. The largest absolute Gasteiger partial charge is 0.321 e. The molecule has 0 aliphatic carbocycles. The maximum atomic E-state index is 13.4. The van der Waals surface area contributed by atoms with Crippen molar-refractivity contribution < 1.29 is 17.6 Å². The van der Waals surface area contributed by atoms with E-state index in [4.69, 9.17) is 11.6 Å². The molecule has 0 bridgehead atoms. The van der Waals surface area contributed by atoms with Crippen LogP contribution in [0.2, 0.25) is 5.02 Å². The number of hydrogen-bond acceptors (Lipinski definition) is 5. The molecule has 2 N–H and O–H groups in total. The number of anilines is 2. The Labute approximate surface area is 187 Å². The smallest absolute Gasteiger partial charge is 0.274 e. The fourth-order valence-electron chi connectivity index (χ4n) is 3.28. The van der Waals surface area contributed by atoms with Crippen molar-refractivity contribution in [3.8, 4) is 0 Å². The summed E-state index contributed by atoms with van der Waals surface area (Å²) in [6.45, 7) is 1.69.